The van der Waals surface area contributed by atoms with E-state index in [2.05, 4.69) is 29.2 Å². The van der Waals surface area contributed by atoms with Gasteiger partial charge in [-0.15, -0.1) is 0 Å². The average molecular weight is 334 g/mol. The molecule has 0 radical (unpaired) electrons. The molecule has 3 heteroatoms. The molecular formula is C22H26N2O. The van der Waals surface area contributed by atoms with E-state index in [9.17, 15) is 4.79 Å². The Morgan fingerprint density at radius 2 is 1.48 bits per heavy atom. The number of hydrogen-bond donors (Lipinski definition) is 0. The number of benzene rings is 2. The Morgan fingerprint density at radius 3 is 2.00 bits per heavy atom. The van der Waals surface area contributed by atoms with Gasteiger partial charge in [-0.3, -0.25) is 4.79 Å². The fraction of sp³-hybridized carbons (Fsp3) is 0.409. The first-order chi connectivity index (χ1) is 12.1. The summed E-state index contributed by atoms with van der Waals surface area (Å²) in [5, 5.41) is 0. The zero-order chi connectivity index (χ0) is 17.4. The van der Waals surface area contributed by atoms with Crippen molar-refractivity contribution in [3.8, 4) is 0 Å². The van der Waals surface area contributed by atoms with Crippen molar-refractivity contribution in [2.24, 2.45) is 5.41 Å². The van der Waals surface area contributed by atoms with Crippen LogP contribution in [0.4, 0.5) is 5.69 Å². The van der Waals surface area contributed by atoms with E-state index >= 15 is 0 Å². The second kappa shape index (κ2) is 6.21. The third-order valence-corrected chi connectivity index (χ3v) is 5.99. The summed E-state index contributed by atoms with van der Waals surface area (Å²) in [5.74, 6) is 0.177. The van der Waals surface area contributed by atoms with E-state index in [0.29, 0.717) is 5.41 Å². The van der Waals surface area contributed by atoms with Crippen molar-refractivity contribution in [3.63, 3.8) is 0 Å². The maximum Gasteiger partial charge on any atom is 0.253 e. The molecule has 0 aromatic heterocycles. The van der Waals surface area contributed by atoms with Crippen molar-refractivity contribution in [1.29, 1.82) is 0 Å². The minimum absolute atomic E-state index is 0.177. The highest BCUT2D eigenvalue weighted by molar-refractivity contribution is 5.94. The number of amides is 1. The van der Waals surface area contributed by atoms with E-state index in [-0.39, 0.29) is 5.91 Å². The van der Waals surface area contributed by atoms with Crippen LogP contribution in [-0.4, -0.2) is 38.0 Å². The van der Waals surface area contributed by atoms with Crippen LogP contribution >= 0.6 is 0 Å². The molecule has 1 aliphatic carbocycles. The van der Waals surface area contributed by atoms with Crippen LogP contribution in [0.25, 0.3) is 0 Å². The van der Waals surface area contributed by atoms with E-state index in [1.54, 1.807) is 0 Å². The van der Waals surface area contributed by atoms with Gasteiger partial charge in [-0.2, -0.15) is 0 Å². The first-order valence-corrected chi connectivity index (χ1v) is 9.20. The minimum Gasteiger partial charge on any atom is -0.378 e. The van der Waals surface area contributed by atoms with Crippen LogP contribution in [0.5, 0.6) is 0 Å². The summed E-state index contributed by atoms with van der Waals surface area (Å²) >= 11 is 0. The highest BCUT2D eigenvalue weighted by Gasteiger charge is 2.40. The van der Waals surface area contributed by atoms with E-state index in [1.165, 1.54) is 24.0 Å². The summed E-state index contributed by atoms with van der Waals surface area (Å²) in [7, 11) is 4.03. The van der Waals surface area contributed by atoms with Gasteiger partial charge in [-0.05, 0) is 66.5 Å². The molecule has 1 heterocycles. The van der Waals surface area contributed by atoms with Gasteiger partial charge in [0.15, 0.2) is 0 Å². The molecule has 0 N–H and O–H groups in total. The predicted molar refractivity (Wildman–Crippen MR) is 102 cm³/mol. The quantitative estimate of drug-likeness (QED) is 0.834. The summed E-state index contributed by atoms with van der Waals surface area (Å²) in [6.07, 6.45) is 4.60. The molecule has 130 valence electrons. The number of rotatable bonds is 2. The van der Waals surface area contributed by atoms with Crippen molar-refractivity contribution in [1.82, 2.24) is 4.90 Å². The molecule has 0 atom stereocenters. The molecule has 0 saturated carbocycles. The molecule has 1 spiro atoms. The van der Waals surface area contributed by atoms with Gasteiger partial charge in [0.2, 0.25) is 0 Å². The fourth-order valence-electron chi connectivity index (χ4n) is 4.40. The van der Waals surface area contributed by atoms with Gasteiger partial charge in [0.1, 0.15) is 0 Å². The van der Waals surface area contributed by atoms with E-state index in [0.717, 1.165) is 37.2 Å². The molecule has 0 bridgehead atoms. The Hall–Kier alpha value is -2.29. The summed E-state index contributed by atoms with van der Waals surface area (Å²) in [6.45, 7) is 1.75. The fourth-order valence-corrected chi connectivity index (χ4v) is 4.40. The Bertz CT molecular complexity index is 744. The molecule has 1 fully saturated rings. The van der Waals surface area contributed by atoms with Gasteiger partial charge < -0.3 is 9.80 Å². The van der Waals surface area contributed by atoms with Crippen molar-refractivity contribution < 1.29 is 4.79 Å². The van der Waals surface area contributed by atoms with Crippen LogP contribution in [0.1, 0.15) is 34.3 Å². The van der Waals surface area contributed by atoms with Gasteiger partial charge in [-0.1, -0.05) is 24.3 Å². The molecule has 25 heavy (non-hydrogen) atoms. The monoisotopic (exact) mass is 334 g/mol. The minimum atomic E-state index is 0.177. The first-order valence-electron chi connectivity index (χ1n) is 9.20. The van der Waals surface area contributed by atoms with Crippen LogP contribution < -0.4 is 4.90 Å². The van der Waals surface area contributed by atoms with Crippen molar-refractivity contribution in [2.45, 2.75) is 25.7 Å². The number of carbonyl (C=O) groups is 1. The number of fused-ring (bicyclic) bond motifs is 1. The number of carbonyl (C=O) groups excluding carboxylic acids is 1. The number of anilines is 1. The van der Waals surface area contributed by atoms with Crippen LogP contribution in [0.3, 0.4) is 0 Å². The number of nitrogens with zero attached hydrogens (tertiary/aromatic N) is 2. The number of piperidine rings is 1. The van der Waals surface area contributed by atoms with E-state index in [1.807, 2.05) is 43.3 Å². The zero-order valence-corrected chi connectivity index (χ0v) is 15.2. The molecule has 2 aromatic rings. The average Bonchev–Trinajstić information content (AvgIpc) is 2.99. The highest BCUT2D eigenvalue weighted by Crippen LogP contribution is 2.44. The number of hydrogen-bond acceptors (Lipinski definition) is 2. The largest absolute Gasteiger partial charge is 0.378 e. The second-order valence-corrected chi connectivity index (χ2v) is 7.86. The summed E-state index contributed by atoms with van der Waals surface area (Å²) in [6, 6.07) is 16.8. The Kier molecular flexibility index (Phi) is 4.03. The standard InChI is InChI=1S/C22H26N2O/c1-23(2)20-9-7-17(8-10-20)21(25)24-13-11-22(12-14-24)15-18-5-3-4-6-19(18)16-22/h3-10H,11-16H2,1-2H3. The van der Waals surface area contributed by atoms with Crippen LogP contribution in [-0.2, 0) is 12.8 Å². The van der Waals surface area contributed by atoms with Crippen molar-refractivity contribution >= 4 is 11.6 Å². The van der Waals surface area contributed by atoms with Crippen molar-refractivity contribution in [3.05, 3.63) is 65.2 Å². The number of likely N-dealkylation sites (tertiary alicyclic amines) is 1. The SMILES string of the molecule is CN(C)c1ccc(C(=O)N2CCC3(CC2)Cc2ccccc2C3)cc1. The molecule has 2 aromatic carbocycles. The second-order valence-electron chi connectivity index (χ2n) is 7.86. The molecule has 1 aliphatic heterocycles. The zero-order valence-electron chi connectivity index (χ0n) is 15.2. The van der Waals surface area contributed by atoms with E-state index < -0.39 is 0 Å². The van der Waals surface area contributed by atoms with Gasteiger partial charge in [0.05, 0.1) is 0 Å². The summed E-state index contributed by atoms with van der Waals surface area (Å²) in [5.41, 5.74) is 5.34. The molecule has 1 saturated heterocycles. The van der Waals surface area contributed by atoms with Gasteiger partial charge in [-0.25, -0.2) is 0 Å². The normalized spacial score (nSPS) is 18.2. The van der Waals surface area contributed by atoms with Gasteiger partial charge in [0.25, 0.3) is 5.91 Å². The van der Waals surface area contributed by atoms with Crippen LogP contribution in [0.15, 0.2) is 48.5 Å². The molecule has 3 nitrogen and oxygen atoms in total. The Labute approximate surface area is 150 Å². The molecule has 2 aliphatic rings. The van der Waals surface area contributed by atoms with Gasteiger partial charge >= 0.3 is 0 Å². The third kappa shape index (κ3) is 3.04. The maximum absolute atomic E-state index is 12.8. The van der Waals surface area contributed by atoms with Crippen molar-refractivity contribution in [2.75, 3.05) is 32.1 Å². The topological polar surface area (TPSA) is 23.6 Å². The first kappa shape index (κ1) is 16.2. The Balaban J connectivity index is 1.41. The molecule has 1 amide bonds. The lowest BCUT2D eigenvalue weighted by atomic mass is 9.76. The summed E-state index contributed by atoms with van der Waals surface area (Å²) in [4.78, 5) is 16.9. The van der Waals surface area contributed by atoms with E-state index in [4.69, 9.17) is 0 Å². The third-order valence-electron chi connectivity index (χ3n) is 5.99. The lowest BCUT2D eigenvalue weighted by Gasteiger charge is -2.39. The smallest absolute Gasteiger partial charge is 0.253 e. The lowest BCUT2D eigenvalue weighted by Crippen LogP contribution is -2.43. The maximum atomic E-state index is 12.8. The van der Waals surface area contributed by atoms with Crippen LogP contribution in [0, 0.1) is 5.41 Å². The molecule has 0 unspecified atom stereocenters. The lowest BCUT2D eigenvalue weighted by molar-refractivity contribution is 0.0593. The van der Waals surface area contributed by atoms with Crippen LogP contribution in [0.2, 0.25) is 0 Å². The summed E-state index contributed by atoms with van der Waals surface area (Å²) < 4.78 is 0. The molecular weight excluding hydrogens is 308 g/mol. The van der Waals surface area contributed by atoms with Gasteiger partial charge in [0, 0.05) is 38.4 Å². The predicted octanol–water partition coefficient (Wildman–Crippen LogP) is 3.77. The highest BCUT2D eigenvalue weighted by atomic mass is 16.2. The molecule has 4 rings (SSSR count). The Morgan fingerprint density at radius 1 is 0.920 bits per heavy atom.